The van der Waals surface area contributed by atoms with Gasteiger partial charge in [-0.05, 0) is 29.8 Å². The van der Waals surface area contributed by atoms with Crippen LogP contribution in [0.3, 0.4) is 0 Å². The van der Waals surface area contributed by atoms with Crippen LogP contribution in [-0.2, 0) is 11.3 Å². The molecule has 0 spiro atoms. The van der Waals surface area contributed by atoms with Crippen LogP contribution in [0.1, 0.15) is 16.2 Å². The summed E-state index contributed by atoms with van der Waals surface area (Å²) in [5.74, 6) is 1.33. The zero-order valence-corrected chi connectivity index (χ0v) is 18.8. The van der Waals surface area contributed by atoms with E-state index in [2.05, 4.69) is 20.4 Å². The van der Waals surface area contributed by atoms with Crippen molar-refractivity contribution in [2.45, 2.75) is 12.6 Å². The fourth-order valence-corrected chi connectivity index (χ4v) is 4.34. The molecule has 1 saturated heterocycles. The van der Waals surface area contributed by atoms with Crippen LogP contribution in [0.25, 0.3) is 11.1 Å². The number of ether oxygens (including phenoxy) is 1. The second-order valence-electron chi connectivity index (χ2n) is 8.77. The number of hydrogen-bond donors (Lipinski definition) is 1. The molecule has 2 unspecified atom stereocenters. The van der Waals surface area contributed by atoms with Crippen molar-refractivity contribution < 1.29 is 23.2 Å². The lowest BCUT2D eigenvalue weighted by atomic mass is 10.1. The molecule has 9 nitrogen and oxygen atoms in total. The van der Waals surface area contributed by atoms with E-state index in [0.29, 0.717) is 17.6 Å². The van der Waals surface area contributed by atoms with E-state index in [9.17, 15) is 14.0 Å². The number of aromatic nitrogens is 2. The minimum absolute atomic E-state index is 0.0721. The monoisotopic (exact) mass is 465 g/mol. The molecule has 5 rings (SSSR count). The molecular formula is C24H24FN5O4. The summed E-state index contributed by atoms with van der Waals surface area (Å²) >= 11 is 0. The van der Waals surface area contributed by atoms with Gasteiger partial charge in [0.25, 0.3) is 5.91 Å². The van der Waals surface area contributed by atoms with Gasteiger partial charge in [0.2, 0.25) is 0 Å². The molecule has 1 aliphatic carbocycles. The average Bonchev–Trinajstić information content (AvgIpc) is 3.20. The minimum Gasteiger partial charge on any atom is -0.441 e. The molecule has 2 amide bonds. The van der Waals surface area contributed by atoms with Crippen LogP contribution in [0.15, 0.2) is 53.2 Å². The Labute approximate surface area is 195 Å². The van der Waals surface area contributed by atoms with Crippen LogP contribution in [0.4, 0.5) is 15.0 Å². The topological polar surface area (TPSA) is 101 Å². The lowest BCUT2D eigenvalue weighted by Gasteiger charge is -2.21. The summed E-state index contributed by atoms with van der Waals surface area (Å²) in [5.41, 5.74) is 2.01. The van der Waals surface area contributed by atoms with Crippen LogP contribution in [0, 0.1) is 17.7 Å². The van der Waals surface area contributed by atoms with Crippen molar-refractivity contribution in [3.8, 4) is 11.1 Å². The van der Waals surface area contributed by atoms with Crippen LogP contribution in [0.2, 0.25) is 0 Å². The lowest BCUT2D eigenvalue weighted by molar-refractivity contribution is 0.0816. The second-order valence-corrected chi connectivity index (χ2v) is 8.77. The molecule has 1 aliphatic heterocycles. The first-order valence-electron chi connectivity index (χ1n) is 11.0. The van der Waals surface area contributed by atoms with Gasteiger partial charge >= 0.3 is 6.09 Å². The Hall–Kier alpha value is -3.95. The Kier molecular flexibility index (Phi) is 5.64. The third kappa shape index (κ3) is 4.43. The number of amides is 2. The van der Waals surface area contributed by atoms with Crippen LogP contribution in [-0.4, -0.2) is 60.3 Å². The maximum absolute atomic E-state index is 13.1. The number of alkyl carbamates (subject to hydrolysis) is 1. The molecule has 2 aliphatic rings. The number of benzene rings is 1. The highest BCUT2D eigenvalue weighted by atomic mass is 19.1. The highest BCUT2D eigenvalue weighted by Gasteiger charge is 2.57. The van der Waals surface area contributed by atoms with Gasteiger partial charge in [0.15, 0.2) is 18.1 Å². The van der Waals surface area contributed by atoms with Gasteiger partial charge in [0.1, 0.15) is 11.6 Å². The molecule has 1 aromatic carbocycles. The number of pyridine rings is 1. The number of carbonyl (C=O) groups excluding carboxylic acids is 2. The van der Waals surface area contributed by atoms with E-state index in [1.54, 1.807) is 32.4 Å². The largest absolute Gasteiger partial charge is 0.441 e. The number of nitrogens with zero attached hydrogens (tertiary/aromatic N) is 4. The second kappa shape index (κ2) is 8.77. The third-order valence-corrected chi connectivity index (χ3v) is 6.26. The normalized spacial score (nSPS) is 20.6. The smallest absolute Gasteiger partial charge is 0.407 e. The molecular weight excluding hydrogens is 441 g/mol. The van der Waals surface area contributed by atoms with Crippen LogP contribution >= 0.6 is 0 Å². The summed E-state index contributed by atoms with van der Waals surface area (Å²) in [5, 5.41) is 6.60. The molecule has 0 bridgehead atoms. The number of carbonyl (C=O) groups is 2. The van der Waals surface area contributed by atoms with Crippen molar-refractivity contribution in [1.29, 1.82) is 0 Å². The van der Waals surface area contributed by atoms with Gasteiger partial charge in [-0.15, -0.1) is 0 Å². The third-order valence-electron chi connectivity index (χ3n) is 6.26. The Bertz CT molecular complexity index is 1180. The molecule has 2 aromatic heterocycles. The van der Waals surface area contributed by atoms with Gasteiger partial charge in [-0.2, -0.15) is 0 Å². The van der Waals surface area contributed by atoms with E-state index in [4.69, 9.17) is 9.26 Å². The Morgan fingerprint density at radius 3 is 2.50 bits per heavy atom. The summed E-state index contributed by atoms with van der Waals surface area (Å²) < 4.78 is 23.4. The number of nitrogens with one attached hydrogen (secondary N) is 1. The standard InChI is InChI=1S/C24H24FN5O4/c1-29(2)23(31)20-9-17(34-28-20)13-33-24(32)27-22-18-11-30(12-19(18)22)21-8-5-15(10-26-21)14-3-6-16(25)7-4-14/h3-10,18-19,22H,11-13H2,1-2H3,(H,27,32). The maximum atomic E-state index is 13.1. The van der Waals surface area contributed by atoms with Crippen molar-refractivity contribution in [3.63, 3.8) is 0 Å². The SMILES string of the molecule is CN(C)C(=O)c1cc(COC(=O)NC2C3CN(c4ccc(-c5ccc(F)cc5)cn4)CC32)on1. The molecule has 34 heavy (non-hydrogen) atoms. The van der Waals surface area contributed by atoms with Crippen molar-refractivity contribution in [1.82, 2.24) is 20.4 Å². The lowest BCUT2D eigenvalue weighted by Crippen LogP contribution is -2.35. The molecule has 3 aromatic rings. The van der Waals surface area contributed by atoms with E-state index < -0.39 is 6.09 Å². The van der Waals surface area contributed by atoms with E-state index in [-0.39, 0.29) is 30.1 Å². The quantitative estimate of drug-likeness (QED) is 0.597. The summed E-state index contributed by atoms with van der Waals surface area (Å²) in [7, 11) is 3.24. The number of anilines is 1. The van der Waals surface area contributed by atoms with Gasteiger partial charge in [-0.25, -0.2) is 14.2 Å². The average molecular weight is 465 g/mol. The summed E-state index contributed by atoms with van der Waals surface area (Å²) in [6, 6.07) is 11.8. The number of piperidine rings is 1. The molecule has 2 atom stereocenters. The van der Waals surface area contributed by atoms with E-state index >= 15 is 0 Å². The van der Waals surface area contributed by atoms with Crippen molar-refractivity contribution in [3.05, 3.63) is 65.9 Å². The predicted molar refractivity (Wildman–Crippen MR) is 120 cm³/mol. The van der Waals surface area contributed by atoms with Gasteiger partial charge < -0.3 is 24.4 Å². The van der Waals surface area contributed by atoms with Gasteiger partial charge in [0, 0.05) is 62.9 Å². The van der Waals surface area contributed by atoms with Crippen molar-refractivity contribution >= 4 is 17.8 Å². The zero-order chi connectivity index (χ0) is 23.8. The highest BCUT2D eigenvalue weighted by molar-refractivity contribution is 5.91. The minimum atomic E-state index is -0.524. The number of rotatable bonds is 6. The zero-order valence-electron chi connectivity index (χ0n) is 18.8. The molecule has 10 heteroatoms. The molecule has 1 N–H and O–H groups in total. The predicted octanol–water partition coefficient (Wildman–Crippen LogP) is 2.94. The van der Waals surface area contributed by atoms with E-state index in [0.717, 1.165) is 30.0 Å². The van der Waals surface area contributed by atoms with Gasteiger partial charge in [-0.1, -0.05) is 17.3 Å². The molecule has 2 fully saturated rings. The first-order chi connectivity index (χ1) is 16.4. The van der Waals surface area contributed by atoms with E-state index in [1.165, 1.54) is 23.1 Å². The van der Waals surface area contributed by atoms with Crippen LogP contribution in [0.5, 0.6) is 0 Å². The Morgan fingerprint density at radius 1 is 1.15 bits per heavy atom. The molecule has 1 saturated carbocycles. The Balaban J connectivity index is 1.08. The fraction of sp³-hybridized carbons (Fsp3) is 0.333. The number of hydrogen-bond acceptors (Lipinski definition) is 7. The van der Waals surface area contributed by atoms with Gasteiger partial charge in [0.05, 0.1) is 0 Å². The van der Waals surface area contributed by atoms with E-state index in [1.807, 2.05) is 12.1 Å². The Morgan fingerprint density at radius 2 is 1.85 bits per heavy atom. The fourth-order valence-electron chi connectivity index (χ4n) is 4.34. The first-order valence-corrected chi connectivity index (χ1v) is 11.0. The summed E-state index contributed by atoms with van der Waals surface area (Å²) in [6.07, 6.45) is 1.27. The molecule has 3 heterocycles. The number of halogens is 1. The van der Waals surface area contributed by atoms with Crippen molar-refractivity contribution in [2.75, 3.05) is 32.1 Å². The summed E-state index contributed by atoms with van der Waals surface area (Å²) in [6.45, 7) is 1.51. The summed E-state index contributed by atoms with van der Waals surface area (Å²) in [4.78, 5) is 32.2. The van der Waals surface area contributed by atoms with Crippen molar-refractivity contribution in [2.24, 2.45) is 11.8 Å². The molecule has 0 radical (unpaired) electrons. The first kappa shape index (κ1) is 21.9. The van der Waals surface area contributed by atoms with Gasteiger partial charge in [-0.3, -0.25) is 4.79 Å². The highest BCUT2D eigenvalue weighted by Crippen LogP contribution is 2.46. The number of fused-ring (bicyclic) bond motifs is 1. The van der Waals surface area contributed by atoms with Crippen LogP contribution < -0.4 is 10.2 Å². The molecule has 176 valence electrons. The maximum Gasteiger partial charge on any atom is 0.407 e.